The van der Waals surface area contributed by atoms with Crippen molar-refractivity contribution >= 4 is 11.8 Å². The van der Waals surface area contributed by atoms with Crippen LogP contribution in [0.3, 0.4) is 0 Å². The molecule has 2 heterocycles. The van der Waals surface area contributed by atoms with Crippen molar-refractivity contribution in [3.8, 4) is 0 Å². The normalized spacial score (nSPS) is 21.0. The van der Waals surface area contributed by atoms with Gasteiger partial charge in [-0.15, -0.1) is 0 Å². The lowest BCUT2D eigenvalue weighted by molar-refractivity contribution is -0.136. The predicted octanol–water partition coefficient (Wildman–Crippen LogP) is 1.10. The van der Waals surface area contributed by atoms with Gasteiger partial charge in [0.15, 0.2) is 0 Å². The summed E-state index contributed by atoms with van der Waals surface area (Å²) in [5.74, 6) is 1.07. The van der Waals surface area contributed by atoms with Crippen LogP contribution in [-0.4, -0.2) is 45.4 Å². The third-order valence-corrected chi connectivity index (χ3v) is 4.98. The van der Waals surface area contributed by atoms with Gasteiger partial charge in [-0.1, -0.05) is 0 Å². The third-order valence-electron chi connectivity index (χ3n) is 4.98. The van der Waals surface area contributed by atoms with Crippen molar-refractivity contribution in [3.05, 3.63) is 18.2 Å². The zero-order valence-electron chi connectivity index (χ0n) is 13.3. The first kappa shape index (κ1) is 15.1. The van der Waals surface area contributed by atoms with Crippen LogP contribution >= 0.6 is 0 Å². The number of hydrogen-bond donors (Lipinski definition) is 1. The van der Waals surface area contributed by atoms with Gasteiger partial charge >= 0.3 is 0 Å². The molecular formula is C16H24N4O2. The molecule has 1 aromatic heterocycles. The van der Waals surface area contributed by atoms with Crippen molar-refractivity contribution in [3.63, 3.8) is 0 Å². The average Bonchev–Trinajstić information content (AvgIpc) is 2.94. The van der Waals surface area contributed by atoms with E-state index < -0.39 is 0 Å². The summed E-state index contributed by atoms with van der Waals surface area (Å²) in [4.78, 5) is 29.9. The molecule has 22 heavy (non-hydrogen) atoms. The molecule has 120 valence electrons. The van der Waals surface area contributed by atoms with E-state index in [4.69, 9.17) is 0 Å². The van der Waals surface area contributed by atoms with E-state index in [9.17, 15) is 9.59 Å². The second-order valence-electron chi connectivity index (χ2n) is 6.69. The second kappa shape index (κ2) is 5.74. The van der Waals surface area contributed by atoms with Crippen molar-refractivity contribution < 1.29 is 9.59 Å². The number of nitrogens with one attached hydrogen (secondary N) is 1. The molecule has 2 fully saturated rings. The summed E-state index contributed by atoms with van der Waals surface area (Å²) in [6.07, 6.45) is 7.49. The zero-order valence-corrected chi connectivity index (χ0v) is 13.3. The Morgan fingerprint density at radius 1 is 1.50 bits per heavy atom. The summed E-state index contributed by atoms with van der Waals surface area (Å²) in [6.45, 7) is 6.09. The monoisotopic (exact) mass is 304 g/mol. The van der Waals surface area contributed by atoms with Crippen LogP contribution in [0.25, 0.3) is 0 Å². The molecular weight excluding hydrogens is 280 g/mol. The maximum Gasteiger partial charge on any atom is 0.242 e. The highest BCUT2D eigenvalue weighted by atomic mass is 16.2. The highest BCUT2D eigenvalue weighted by Gasteiger charge is 2.43. The lowest BCUT2D eigenvalue weighted by atomic mass is 10.1. The van der Waals surface area contributed by atoms with Gasteiger partial charge in [-0.25, -0.2) is 4.98 Å². The lowest BCUT2D eigenvalue weighted by Gasteiger charge is -2.25. The topological polar surface area (TPSA) is 67.2 Å². The van der Waals surface area contributed by atoms with E-state index in [1.54, 1.807) is 4.90 Å². The molecule has 1 aliphatic heterocycles. The van der Waals surface area contributed by atoms with Gasteiger partial charge in [0.2, 0.25) is 11.8 Å². The van der Waals surface area contributed by atoms with Crippen molar-refractivity contribution in [2.75, 3.05) is 13.1 Å². The summed E-state index contributed by atoms with van der Waals surface area (Å²) >= 11 is 0. The molecule has 1 aromatic rings. The first-order chi connectivity index (χ1) is 10.5. The Kier molecular flexibility index (Phi) is 3.93. The Bertz CT molecular complexity index is 576. The maximum absolute atomic E-state index is 12.3. The van der Waals surface area contributed by atoms with Gasteiger partial charge in [0.1, 0.15) is 11.9 Å². The van der Waals surface area contributed by atoms with Crippen molar-refractivity contribution in [1.82, 2.24) is 19.8 Å². The van der Waals surface area contributed by atoms with E-state index in [2.05, 4.69) is 14.9 Å². The number of nitrogens with zero attached hydrogens (tertiary/aromatic N) is 3. The molecule has 1 saturated carbocycles. The molecule has 2 aliphatic rings. The van der Waals surface area contributed by atoms with E-state index in [0.717, 1.165) is 31.6 Å². The number of amides is 2. The van der Waals surface area contributed by atoms with Crippen LogP contribution in [0.1, 0.15) is 38.4 Å². The average molecular weight is 304 g/mol. The molecule has 0 radical (unpaired) electrons. The molecule has 1 atom stereocenters. The Balaban J connectivity index is 1.52. The van der Waals surface area contributed by atoms with Gasteiger partial charge in [-0.2, -0.15) is 0 Å². The largest absolute Gasteiger partial charge is 0.354 e. The summed E-state index contributed by atoms with van der Waals surface area (Å²) in [6, 6.07) is -0.360. The Morgan fingerprint density at radius 2 is 2.27 bits per heavy atom. The molecule has 1 unspecified atom stereocenters. The number of likely N-dealkylation sites (tertiary alicyclic amines) is 1. The van der Waals surface area contributed by atoms with E-state index in [-0.39, 0.29) is 23.3 Å². The van der Waals surface area contributed by atoms with Crippen LogP contribution in [0, 0.1) is 12.3 Å². The summed E-state index contributed by atoms with van der Waals surface area (Å²) in [5, 5.41) is 3.05. The minimum atomic E-state index is -0.360. The first-order valence-corrected chi connectivity index (χ1v) is 8.06. The van der Waals surface area contributed by atoms with Gasteiger partial charge in [0.25, 0.3) is 0 Å². The molecule has 0 aromatic carbocycles. The van der Waals surface area contributed by atoms with Crippen LogP contribution in [0.2, 0.25) is 0 Å². The van der Waals surface area contributed by atoms with Gasteiger partial charge in [-0.3, -0.25) is 9.59 Å². The number of carbonyl (C=O) groups is 2. The fourth-order valence-electron chi connectivity index (χ4n) is 3.14. The van der Waals surface area contributed by atoms with Crippen molar-refractivity contribution in [2.24, 2.45) is 5.41 Å². The molecule has 1 aliphatic carbocycles. The van der Waals surface area contributed by atoms with Gasteiger partial charge in [0.05, 0.1) is 0 Å². The molecule has 3 rings (SSSR count). The highest BCUT2D eigenvalue weighted by Crippen LogP contribution is 2.46. The summed E-state index contributed by atoms with van der Waals surface area (Å²) < 4.78 is 2.15. The minimum Gasteiger partial charge on any atom is -0.354 e. The SMILES string of the molecule is Cc1nccn1CC1(CNC(=O)C(C)N2CCCC2=O)CC1. The van der Waals surface area contributed by atoms with Crippen LogP contribution in [0.15, 0.2) is 12.4 Å². The molecule has 1 saturated heterocycles. The number of aryl methyl sites for hydroxylation is 1. The molecule has 1 N–H and O–H groups in total. The molecule has 0 bridgehead atoms. The molecule has 6 nitrogen and oxygen atoms in total. The molecule has 0 spiro atoms. The van der Waals surface area contributed by atoms with Gasteiger partial charge < -0.3 is 14.8 Å². The fraction of sp³-hybridized carbons (Fsp3) is 0.688. The minimum absolute atomic E-state index is 0.0381. The number of rotatable bonds is 6. The maximum atomic E-state index is 12.3. The first-order valence-electron chi connectivity index (χ1n) is 8.06. The van der Waals surface area contributed by atoms with E-state index in [0.29, 0.717) is 19.5 Å². The van der Waals surface area contributed by atoms with E-state index in [1.165, 1.54) is 0 Å². The standard InChI is InChI=1S/C16H24N4O2/c1-12(20-8-3-4-14(20)21)15(22)18-10-16(5-6-16)11-19-9-7-17-13(19)2/h7,9,12H,3-6,8,10-11H2,1-2H3,(H,18,22). The Labute approximate surface area is 130 Å². The smallest absolute Gasteiger partial charge is 0.242 e. The molecule has 2 amide bonds. The quantitative estimate of drug-likeness (QED) is 0.856. The summed E-state index contributed by atoms with van der Waals surface area (Å²) in [5.41, 5.74) is 0.163. The van der Waals surface area contributed by atoms with Gasteiger partial charge in [-0.05, 0) is 33.1 Å². The van der Waals surface area contributed by atoms with Crippen molar-refractivity contribution in [1.29, 1.82) is 0 Å². The zero-order chi connectivity index (χ0) is 15.7. The highest BCUT2D eigenvalue weighted by molar-refractivity contribution is 5.88. The van der Waals surface area contributed by atoms with Crippen LogP contribution in [0.5, 0.6) is 0 Å². The fourth-order valence-corrected chi connectivity index (χ4v) is 3.14. The van der Waals surface area contributed by atoms with Crippen LogP contribution < -0.4 is 5.32 Å². The number of aromatic nitrogens is 2. The number of carbonyl (C=O) groups excluding carboxylic acids is 2. The third kappa shape index (κ3) is 3.00. The van der Waals surface area contributed by atoms with Gasteiger partial charge in [0, 0.05) is 43.9 Å². The second-order valence-corrected chi connectivity index (χ2v) is 6.69. The predicted molar refractivity (Wildman–Crippen MR) is 82.0 cm³/mol. The van der Waals surface area contributed by atoms with Crippen LogP contribution in [-0.2, 0) is 16.1 Å². The van der Waals surface area contributed by atoms with E-state index in [1.807, 2.05) is 26.2 Å². The van der Waals surface area contributed by atoms with E-state index >= 15 is 0 Å². The molecule has 6 heteroatoms. The Morgan fingerprint density at radius 3 is 2.82 bits per heavy atom. The van der Waals surface area contributed by atoms with Crippen LogP contribution in [0.4, 0.5) is 0 Å². The summed E-state index contributed by atoms with van der Waals surface area (Å²) in [7, 11) is 0. The Hall–Kier alpha value is -1.85. The number of hydrogen-bond acceptors (Lipinski definition) is 3. The van der Waals surface area contributed by atoms with Crippen molar-refractivity contribution in [2.45, 2.75) is 52.1 Å². The number of imidazole rings is 1. The lowest BCUT2D eigenvalue weighted by Crippen LogP contribution is -2.47.